The predicted octanol–water partition coefficient (Wildman–Crippen LogP) is 3.10. The molecule has 1 N–H and O–H groups in total. The van der Waals surface area contributed by atoms with Gasteiger partial charge in [0.1, 0.15) is 0 Å². The van der Waals surface area contributed by atoms with Crippen molar-refractivity contribution in [1.29, 1.82) is 5.26 Å². The zero-order valence-electron chi connectivity index (χ0n) is 9.17. The molecule has 0 aliphatic heterocycles. The number of halogens is 1. The number of rotatable bonds is 5. The number of nitriles is 1. The lowest BCUT2D eigenvalue weighted by Gasteiger charge is -2.06. The first-order valence-electron chi connectivity index (χ1n) is 5.69. The highest BCUT2D eigenvalue weighted by Gasteiger charge is 2.19. The highest BCUT2D eigenvalue weighted by atomic mass is 35.5. The lowest BCUT2D eigenvalue weighted by atomic mass is 10.1. The van der Waals surface area contributed by atoms with Gasteiger partial charge in [-0.25, -0.2) is 0 Å². The standard InChI is InChI=1S/C13H15ClN2/c14-13-7-11(8-15)3-4-12(13)9-16-6-5-10-1-2-10/h3-4,7,10,16H,1-2,5-6,9H2. The van der Waals surface area contributed by atoms with Crippen LogP contribution in [0.4, 0.5) is 0 Å². The van der Waals surface area contributed by atoms with E-state index in [1.54, 1.807) is 6.07 Å². The Morgan fingerprint density at radius 1 is 1.44 bits per heavy atom. The summed E-state index contributed by atoms with van der Waals surface area (Å²) >= 11 is 6.07. The van der Waals surface area contributed by atoms with E-state index < -0.39 is 0 Å². The molecule has 0 amide bonds. The van der Waals surface area contributed by atoms with Crippen LogP contribution < -0.4 is 5.32 Å². The molecule has 0 spiro atoms. The molecule has 0 heterocycles. The second kappa shape index (κ2) is 5.34. The van der Waals surface area contributed by atoms with E-state index in [-0.39, 0.29) is 0 Å². The Labute approximate surface area is 101 Å². The van der Waals surface area contributed by atoms with E-state index in [0.29, 0.717) is 10.6 Å². The van der Waals surface area contributed by atoms with Crippen LogP contribution in [0.5, 0.6) is 0 Å². The number of nitrogens with one attached hydrogen (secondary N) is 1. The topological polar surface area (TPSA) is 35.8 Å². The summed E-state index contributed by atoms with van der Waals surface area (Å²) in [7, 11) is 0. The molecule has 1 aromatic carbocycles. The van der Waals surface area contributed by atoms with E-state index in [4.69, 9.17) is 16.9 Å². The second-order valence-electron chi connectivity index (χ2n) is 4.33. The van der Waals surface area contributed by atoms with Gasteiger partial charge in [-0.1, -0.05) is 30.5 Å². The fourth-order valence-corrected chi connectivity index (χ4v) is 1.94. The Kier molecular flexibility index (Phi) is 3.82. The average Bonchev–Trinajstić information content (AvgIpc) is 3.10. The van der Waals surface area contributed by atoms with Crippen LogP contribution in [0.3, 0.4) is 0 Å². The van der Waals surface area contributed by atoms with Crippen LogP contribution in [0, 0.1) is 17.2 Å². The molecule has 16 heavy (non-hydrogen) atoms. The van der Waals surface area contributed by atoms with Gasteiger partial charge in [0.2, 0.25) is 0 Å². The van der Waals surface area contributed by atoms with Crippen LogP contribution >= 0.6 is 11.6 Å². The monoisotopic (exact) mass is 234 g/mol. The molecule has 1 aliphatic rings. The molecular formula is C13H15ClN2. The zero-order chi connectivity index (χ0) is 11.4. The normalized spacial score (nSPS) is 14.8. The molecule has 0 radical (unpaired) electrons. The molecule has 0 unspecified atom stereocenters. The van der Waals surface area contributed by atoms with Crippen LogP contribution in [0.25, 0.3) is 0 Å². The Morgan fingerprint density at radius 2 is 2.25 bits per heavy atom. The molecule has 1 aromatic rings. The highest BCUT2D eigenvalue weighted by Crippen LogP contribution is 2.31. The predicted molar refractivity (Wildman–Crippen MR) is 65.2 cm³/mol. The van der Waals surface area contributed by atoms with E-state index in [1.807, 2.05) is 12.1 Å². The van der Waals surface area contributed by atoms with Gasteiger partial charge >= 0.3 is 0 Å². The first-order valence-corrected chi connectivity index (χ1v) is 6.06. The molecule has 0 saturated heterocycles. The zero-order valence-corrected chi connectivity index (χ0v) is 9.93. The van der Waals surface area contributed by atoms with Crippen molar-refractivity contribution in [3.05, 3.63) is 34.3 Å². The van der Waals surface area contributed by atoms with E-state index in [9.17, 15) is 0 Å². The molecule has 84 valence electrons. The minimum atomic E-state index is 0.617. The summed E-state index contributed by atoms with van der Waals surface area (Å²) in [6.45, 7) is 1.85. The summed E-state index contributed by atoms with van der Waals surface area (Å²) in [5, 5.41) is 12.8. The third kappa shape index (κ3) is 3.23. The highest BCUT2D eigenvalue weighted by molar-refractivity contribution is 6.31. The van der Waals surface area contributed by atoms with Crippen LogP contribution in [0.15, 0.2) is 18.2 Å². The van der Waals surface area contributed by atoms with E-state index in [0.717, 1.165) is 24.6 Å². The van der Waals surface area contributed by atoms with Gasteiger partial charge in [-0.2, -0.15) is 5.26 Å². The lowest BCUT2D eigenvalue weighted by molar-refractivity contribution is 0.613. The molecular weight excluding hydrogens is 220 g/mol. The third-order valence-electron chi connectivity index (χ3n) is 2.92. The van der Waals surface area contributed by atoms with Crippen molar-refractivity contribution in [3.63, 3.8) is 0 Å². The average molecular weight is 235 g/mol. The summed E-state index contributed by atoms with van der Waals surface area (Å²) in [5.74, 6) is 0.962. The Balaban J connectivity index is 1.81. The van der Waals surface area contributed by atoms with E-state index in [2.05, 4.69) is 11.4 Å². The van der Waals surface area contributed by atoms with E-state index in [1.165, 1.54) is 19.3 Å². The number of benzene rings is 1. The van der Waals surface area contributed by atoms with Crippen molar-refractivity contribution in [2.45, 2.75) is 25.8 Å². The lowest BCUT2D eigenvalue weighted by Crippen LogP contribution is -2.15. The number of nitrogens with zero attached hydrogens (tertiary/aromatic N) is 1. The number of hydrogen-bond donors (Lipinski definition) is 1. The third-order valence-corrected chi connectivity index (χ3v) is 3.28. The minimum Gasteiger partial charge on any atom is -0.313 e. The first-order chi connectivity index (χ1) is 7.79. The maximum Gasteiger partial charge on any atom is 0.0992 e. The summed E-state index contributed by atoms with van der Waals surface area (Å²) in [5.41, 5.74) is 1.68. The molecule has 0 bridgehead atoms. The fourth-order valence-electron chi connectivity index (χ4n) is 1.70. The summed E-state index contributed by atoms with van der Waals surface area (Å²) in [6.07, 6.45) is 4.08. The summed E-state index contributed by atoms with van der Waals surface area (Å²) in [6, 6.07) is 7.53. The van der Waals surface area contributed by atoms with Gasteiger partial charge in [0.25, 0.3) is 0 Å². The van der Waals surface area contributed by atoms with Crippen LogP contribution in [-0.2, 0) is 6.54 Å². The molecule has 1 aliphatic carbocycles. The number of hydrogen-bond acceptors (Lipinski definition) is 2. The largest absolute Gasteiger partial charge is 0.313 e. The van der Waals surface area contributed by atoms with E-state index >= 15 is 0 Å². The van der Waals surface area contributed by atoms with Gasteiger partial charge in [-0.05, 0) is 36.6 Å². The summed E-state index contributed by atoms with van der Waals surface area (Å²) in [4.78, 5) is 0. The van der Waals surface area contributed by atoms with Gasteiger partial charge in [0, 0.05) is 11.6 Å². The SMILES string of the molecule is N#Cc1ccc(CNCCC2CC2)c(Cl)c1. The fraction of sp³-hybridized carbons (Fsp3) is 0.462. The molecule has 1 saturated carbocycles. The molecule has 3 heteroatoms. The maximum absolute atomic E-state index is 8.71. The van der Waals surface area contributed by atoms with Gasteiger partial charge in [0.05, 0.1) is 11.6 Å². The van der Waals surface area contributed by atoms with Crippen molar-refractivity contribution in [2.75, 3.05) is 6.54 Å². The van der Waals surface area contributed by atoms with Crippen LogP contribution in [0.1, 0.15) is 30.4 Å². The quantitative estimate of drug-likeness (QED) is 0.795. The molecule has 2 rings (SSSR count). The van der Waals surface area contributed by atoms with Gasteiger partial charge < -0.3 is 5.32 Å². The second-order valence-corrected chi connectivity index (χ2v) is 4.73. The maximum atomic E-state index is 8.71. The Bertz CT molecular complexity index is 405. The van der Waals surface area contributed by atoms with Gasteiger partial charge in [-0.3, -0.25) is 0 Å². The first kappa shape index (κ1) is 11.4. The van der Waals surface area contributed by atoms with Crippen molar-refractivity contribution in [2.24, 2.45) is 5.92 Å². The summed E-state index contributed by atoms with van der Waals surface area (Å²) < 4.78 is 0. The van der Waals surface area contributed by atoms with Gasteiger partial charge in [-0.15, -0.1) is 0 Å². The van der Waals surface area contributed by atoms with Crippen molar-refractivity contribution < 1.29 is 0 Å². The van der Waals surface area contributed by atoms with Crippen LogP contribution in [0.2, 0.25) is 5.02 Å². The Morgan fingerprint density at radius 3 is 2.88 bits per heavy atom. The van der Waals surface area contributed by atoms with Crippen molar-refractivity contribution in [1.82, 2.24) is 5.32 Å². The van der Waals surface area contributed by atoms with Crippen LogP contribution in [-0.4, -0.2) is 6.54 Å². The van der Waals surface area contributed by atoms with Crippen molar-refractivity contribution >= 4 is 11.6 Å². The van der Waals surface area contributed by atoms with Gasteiger partial charge in [0.15, 0.2) is 0 Å². The smallest absolute Gasteiger partial charge is 0.0992 e. The molecule has 1 fully saturated rings. The molecule has 0 atom stereocenters. The van der Waals surface area contributed by atoms with Crippen molar-refractivity contribution in [3.8, 4) is 6.07 Å². The molecule has 2 nitrogen and oxygen atoms in total. The Hall–Kier alpha value is -1.04. The minimum absolute atomic E-state index is 0.617. The molecule has 0 aromatic heterocycles.